The van der Waals surface area contributed by atoms with Crippen LogP contribution in [-0.4, -0.2) is 16.6 Å². The van der Waals surface area contributed by atoms with E-state index in [1.807, 2.05) is 18.2 Å². The van der Waals surface area contributed by atoms with E-state index in [0.29, 0.717) is 16.3 Å². The molecule has 96 valence electrons. The quantitative estimate of drug-likeness (QED) is 0.690. The smallest absolute Gasteiger partial charge is 0.267 e. The number of carbonyl (C=O) groups is 1. The van der Waals surface area contributed by atoms with Crippen molar-refractivity contribution in [2.75, 3.05) is 0 Å². The van der Waals surface area contributed by atoms with Gasteiger partial charge in [-0.1, -0.05) is 17.7 Å². The SMILES string of the molecule is CC(=NNC(=O)c1ccc(Cl)cc1)c1ccccn1. The summed E-state index contributed by atoms with van der Waals surface area (Å²) in [5.74, 6) is -0.285. The fourth-order valence-electron chi connectivity index (χ4n) is 1.43. The predicted molar refractivity (Wildman–Crippen MR) is 75.4 cm³/mol. The van der Waals surface area contributed by atoms with E-state index in [9.17, 15) is 4.79 Å². The molecule has 2 rings (SSSR count). The van der Waals surface area contributed by atoms with Gasteiger partial charge in [0.2, 0.25) is 0 Å². The van der Waals surface area contributed by atoms with Crippen molar-refractivity contribution in [1.82, 2.24) is 10.4 Å². The molecule has 0 aliphatic carbocycles. The lowest BCUT2D eigenvalue weighted by Crippen LogP contribution is -2.19. The van der Waals surface area contributed by atoms with Crippen LogP contribution in [-0.2, 0) is 0 Å². The Morgan fingerprint density at radius 2 is 1.95 bits per heavy atom. The molecule has 0 bridgehead atoms. The third kappa shape index (κ3) is 3.63. The van der Waals surface area contributed by atoms with Crippen molar-refractivity contribution < 1.29 is 4.79 Å². The van der Waals surface area contributed by atoms with Crippen LogP contribution in [0.5, 0.6) is 0 Å². The Hall–Kier alpha value is -2.20. The topological polar surface area (TPSA) is 54.4 Å². The molecule has 0 unspecified atom stereocenters. The van der Waals surface area contributed by atoms with Gasteiger partial charge in [-0.3, -0.25) is 9.78 Å². The largest absolute Gasteiger partial charge is 0.271 e. The van der Waals surface area contributed by atoms with Gasteiger partial charge >= 0.3 is 0 Å². The Kier molecular flexibility index (Phi) is 4.26. The lowest BCUT2D eigenvalue weighted by atomic mass is 10.2. The molecule has 1 N–H and O–H groups in total. The van der Waals surface area contributed by atoms with Crippen LogP contribution in [0.2, 0.25) is 5.02 Å². The van der Waals surface area contributed by atoms with Gasteiger partial charge in [0.25, 0.3) is 5.91 Å². The van der Waals surface area contributed by atoms with Crippen molar-refractivity contribution >= 4 is 23.2 Å². The summed E-state index contributed by atoms with van der Waals surface area (Å²) < 4.78 is 0. The van der Waals surface area contributed by atoms with Gasteiger partial charge in [-0.2, -0.15) is 5.10 Å². The van der Waals surface area contributed by atoms with Gasteiger partial charge in [-0.15, -0.1) is 0 Å². The van der Waals surface area contributed by atoms with E-state index in [4.69, 9.17) is 11.6 Å². The standard InChI is InChI=1S/C14H12ClN3O/c1-10(13-4-2-3-9-16-13)17-18-14(19)11-5-7-12(15)8-6-11/h2-9H,1H3,(H,18,19). The second-order valence-corrected chi connectivity index (χ2v) is 4.30. The maximum Gasteiger partial charge on any atom is 0.271 e. The molecule has 2 aromatic rings. The van der Waals surface area contributed by atoms with E-state index >= 15 is 0 Å². The van der Waals surface area contributed by atoms with Gasteiger partial charge in [0.15, 0.2) is 0 Å². The number of benzene rings is 1. The minimum atomic E-state index is -0.285. The summed E-state index contributed by atoms with van der Waals surface area (Å²) in [7, 11) is 0. The number of carbonyl (C=O) groups excluding carboxylic acids is 1. The highest BCUT2D eigenvalue weighted by Crippen LogP contribution is 2.09. The van der Waals surface area contributed by atoms with Crippen LogP contribution in [0.25, 0.3) is 0 Å². The molecule has 1 amide bonds. The van der Waals surface area contributed by atoms with Gasteiger partial charge in [0.05, 0.1) is 11.4 Å². The van der Waals surface area contributed by atoms with Crippen molar-refractivity contribution in [2.45, 2.75) is 6.92 Å². The molecule has 0 atom stereocenters. The van der Waals surface area contributed by atoms with Gasteiger partial charge in [0.1, 0.15) is 0 Å². The minimum absolute atomic E-state index is 0.285. The first kappa shape index (κ1) is 13.2. The number of hydrogen-bond donors (Lipinski definition) is 1. The number of halogens is 1. The molecule has 0 aliphatic rings. The molecular weight excluding hydrogens is 262 g/mol. The molecule has 4 nitrogen and oxygen atoms in total. The van der Waals surface area contributed by atoms with Crippen molar-refractivity contribution in [3.8, 4) is 0 Å². The van der Waals surface area contributed by atoms with Crippen molar-refractivity contribution in [3.63, 3.8) is 0 Å². The summed E-state index contributed by atoms with van der Waals surface area (Å²) in [6.45, 7) is 1.78. The Labute approximate surface area is 116 Å². The van der Waals surface area contributed by atoms with Gasteiger partial charge in [-0.05, 0) is 43.3 Å². The molecule has 0 aliphatic heterocycles. The Balaban J connectivity index is 2.06. The second kappa shape index (κ2) is 6.11. The number of nitrogens with zero attached hydrogens (tertiary/aromatic N) is 2. The minimum Gasteiger partial charge on any atom is -0.267 e. The summed E-state index contributed by atoms with van der Waals surface area (Å²) in [6, 6.07) is 12.1. The Morgan fingerprint density at radius 3 is 2.58 bits per heavy atom. The number of amides is 1. The normalized spacial score (nSPS) is 11.2. The zero-order valence-electron chi connectivity index (χ0n) is 10.3. The zero-order valence-corrected chi connectivity index (χ0v) is 11.1. The van der Waals surface area contributed by atoms with Crippen LogP contribution in [0.15, 0.2) is 53.8 Å². The van der Waals surface area contributed by atoms with Gasteiger partial charge < -0.3 is 0 Å². The lowest BCUT2D eigenvalue weighted by Gasteiger charge is -2.02. The fraction of sp³-hybridized carbons (Fsp3) is 0.0714. The average Bonchev–Trinajstić information content (AvgIpc) is 2.46. The van der Waals surface area contributed by atoms with E-state index in [1.54, 1.807) is 37.4 Å². The van der Waals surface area contributed by atoms with Crippen LogP contribution < -0.4 is 5.43 Å². The summed E-state index contributed by atoms with van der Waals surface area (Å²) in [5.41, 5.74) is 4.35. The van der Waals surface area contributed by atoms with E-state index in [2.05, 4.69) is 15.5 Å². The molecule has 0 radical (unpaired) electrons. The molecular formula is C14H12ClN3O. The first-order valence-electron chi connectivity index (χ1n) is 5.68. The van der Waals surface area contributed by atoms with Gasteiger partial charge in [0, 0.05) is 16.8 Å². The second-order valence-electron chi connectivity index (χ2n) is 3.86. The first-order chi connectivity index (χ1) is 9.16. The number of rotatable bonds is 3. The van der Waals surface area contributed by atoms with Crippen LogP contribution in [0.4, 0.5) is 0 Å². The molecule has 0 fully saturated rings. The molecule has 5 heteroatoms. The highest BCUT2D eigenvalue weighted by Gasteiger charge is 2.04. The summed E-state index contributed by atoms with van der Waals surface area (Å²) in [5, 5.41) is 4.60. The summed E-state index contributed by atoms with van der Waals surface area (Å²) in [4.78, 5) is 16.0. The van der Waals surface area contributed by atoms with Crippen LogP contribution in [0.3, 0.4) is 0 Å². The highest BCUT2D eigenvalue weighted by molar-refractivity contribution is 6.30. The Morgan fingerprint density at radius 1 is 1.21 bits per heavy atom. The third-order valence-electron chi connectivity index (χ3n) is 2.47. The number of nitrogens with one attached hydrogen (secondary N) is 1. The predicted octanol–water partition coefficient (Wildman–Crippen LogP) is 2.89. The summed E-state index contributed by atoms with van der Waals surface area (Å²) >= 11 is 5.76. The van der Waals surface area contributed by atoms with Crippen molar-refractivity contribution in [3.05, 3.63) is 64.9 Å². The summed E-state index contributed by atoms with van der Waals surface area (Å²) in [6.07, 6.45) is 1.68. The molecule has 0 saturated carbocycles. The highest BCUT2D eigenvalue weighted by atomic mass is 35.5. The van der Waals surface area contributed by atoms with E-state index in [1.165, 1.54) is 0 Å². The molecule has 1 heterocycles. The van der Waals surface area contributed by atoms with E-state index in [-0.39, 0.29) is 5.91 Å². The van der Waals surface area contributed by atoms with E-state index in [0.717, 1.165) is 5.69 Å². The number of pyridine rings is 1. The average molecular weight is 274 g/mol. The van der Waals surface area contributed by atoms with Crippen LogP contribution >= 0.6 is 11.6 Å². The fourth-order valence-corrected chi connectivity index (χ4v) is 1.56. The molecule has 1 aromatic heterocycles. The molecule has 19 heavy (non-hydrogen) atoms. The Bertz CT molecular complexity index is 594. The molecule has 1 aromatic carbocycles. The number of aromatic nitrogens is 1. The molecule has 0 spiro atoms. The third-order valence-corrected chi connectivity index (χ3v) is 2.72. The van der Waals surface area contributed by atoms with Crippen LogP contribution in [0, 0.1) is 0 Å². The first-order valence-corrected chi connectivity index (χ1v) is 6.06. The number of hydrogen-bond acceptors (Lipinski definition) is 3. The number of hydrazone groups is 1. The maximum absolute atomic E-state index is 11.8. The zero-order chi connectivity index (χ0) is 13.7. The van der Waals surface area contributed by atoms with Crippen molar-refractivity contribution in [1.29, 1.82) is 0 Å². The van der Waals surface area contributed by atoms with Gasteiger partial charge in [-0.25, -0.2) is 5.43 Å². The van der Waals surface area contributed by atoms with Crippen LogP contribution in [0.1, 0.15) is 23.0 Å². The van der Waals surface area contributed by atoms with Crippen molar-refractivity contribution in [2.24, 2.45) is 5.10 Å². The maximum atomic E-state index is 11.8. The van der Waals surface area contributed by atoms with E-state index < -0.39 is 0 Å². The lowest BCUT2D eigenvalue weighted by molar-refractivity contribution is 0.0955. The molecule has 0 saturated heterocycles. The monoisotopic (exact) mass is 273 g/mol.